The lowest BCUT2D eigenvalue weighted by molar-refractivity contribution is 0.103. The van der Waals surface area contributed by atoms with Crippen LogP contribution in [0.4, 0.5) is 0 Å². The summed E-state index contributed by atoms with van der Waals surface area (Å²) in [4.78, 5) is 13.1. The minimum atomic E-state index is -0.0291. The van der Waals surface area contributed by atoms with Crippen LogP contribution in [0.25, 0.3) is 16.6 Å². The quantitative estimate of drug-likeness (QED) is 0.479. The van der Waals surface area contributed by atoms with Gasteiger partial charge in [0, 0.05) is 17.3 Å². The number of aromatic nitrogens is 1. The zero-order chi connectivity index (χ0) is 18.8. The van der Waals surface area contributed by atoms with E-state index in [2.05, 4.69) is 0 Å². The number of hydrogen-bond acceptors (Lipinski definition) is 3. The zero-order valence-electron chi connectivity index (χ0n) is 15.2. The van der Waals surface area contributed by atoms with E-state index in [1.165, 1.54) is 0 Å². The van der Waals surface area contributed by atoms with E-state index in [1.807, 2.05) is 59.1 Å². The molecule has 27 heavy (non-hydrogen) atoms. The second kappa shape index (κ2) is 7.00. The first kappa shape index (κ1) is 16.9. The van der Waals surface area contributed by atoms with Gasteiger partial charge in [-0.2, -0.15) is 0 Å². The molecule has 4 heteroatoms. The second-order valence-corrected chi connectivity index (χ2v) is 6.19. The van der Waals surface area contributed by atoms with Crippen molar-refractivity contribution in [3.8, 4) is 22.6 Å². The molecule has 2 aromatic carbocycles. The Balaban J connectivity index is 1.82. The highest BCUT2D eigenvalue weighted by molar-refractivity contribution is 6.10. The van der Waals surface area contributed by atoms with Gasteiger partial charge < -0.3 is 13.9 Å². The molecule has 0 saturated heterocycles. The molecule has 0 fully saturated rings. The maximum atomic E-state index is 13.1. The summed E-state index contributed by atoms with van der Waals surface area (Å²) in [6.45, 7) is 0. The molecule has 4 aromatic rings. The molecule has 0 bridgehead atoms. The Labute approximate surface area is 157 Å². The van der Waals surface area contributed by atoms with Crippen LogP contribution in [-0.2, 0) is 0 Å². The van der Waals surface area contributed by atoms with Gasteiger partial charge >= 0.3 is 0 Å². The van der Waals surface area contributed by atoms with Gasteiger partial charge in [0.25, 0.3) is 0 Å². The fourth-order valence-corrected chi connectivity index (χ4v) is 3.22. The summed E-state index contributed by atoms with van der Waals surface area (Å²) in [6.07, 6.45) is 1.92. The smallest absolute Gasteiger partial charge is 0.209 e. The molecule has 0 amide bonds. The number of ketones is 1. The Morgan fingerprint density at radius 2 is 1.44 bits per heavy atom. The van der Waals surface area contributed by atoms with Crippen molar-refractivity contribution in [2.75, 3.05) is 14.2 Å². The number of benzene rings is 2. The molecule has 0 saturated carbocycles. The van der Waals surface area contributed by atoms with Crippen molar-refractivity contribution in [2.24, 2.45) is 0 Å². The van der Waals surface area contributed by atoms with Crippen molar-refractivity contribution in [2.45, 2.75) is 0 Å². The molecule has 0 N–H and O–H groups in total. The van der Waals surface area contributed by atoms with Crippen molar-refractivity contribution in [3.05, 3.63) is 90.3 Å². The van der Waals surface area contributed by atoms with Gasteiger partial charge in [-0.3, -0.25) is 4.79 Å². The van der Waals surface area contributed by atoms with Gasteiger partial charge in [-0.25, -0.2) is 0 Å². The van der Waals surface area contributed by atoms with Crippen LogP contribution >= 0.6 is 0 Å². The predicted octanol–water partition coefficient (Wildman–Crippen LogP) is 4.85. The average Bonchev–Trinajstić information content (AvgIpc) is 3.13. The summed E-state index contributed by atoms with van der Waals surface area (Å²) in [5.41, 5.74) is 4.28. The van der Waals surface area contributed by atoms with E-state index < -0.39 is 0 Å². The van der Waals surface area contributed by atoms with Gasteiger partial charge in [-0.05, 0) is 60.2 Å². The molecule has 4 rings (SSSR count). The highest BCUT2D eigenvalue weighted by Gasteiger charge is 2.17. The summed E-state index contributed by atoms with van der Waals surface area (Å²) in [5.74, 6) is 1.50. The van der Waals surface area contributed by atoms with Crippen molar-refractivity contribution in [3.63, 3.8) is 0 Å². The second-order valence-electron chi connectivity index (χ2n) is 6.19. The van der Waals surface area contributed by atoms with Crippen LogP contribution in [0.3, 0.4) is 0 Å². The summed E-state index contributed by atoms with van der Waals surface area (Å²) in [6, 6.07) is 22.9. The maximum absolute atomic E-state index is 13.1. The first-order valence-corrected chi connectivity index (χ1v) is 8.64. The van der Waals surface area contributed by atoms with Crippen LogP contribution in [0, 0.1) is 0 Å². The van der Waals surface area contributed by atoms with Crippen molar-refractivity contribution in [1.29, 1.82) is 0 Å². The Morgan fingerprint density at radius 3 is 2.07 bits per heavy atom. The number of rotatable bonds is 5. The van der Waals surface area contributed by atoms with Crippen molar-refractivity contribution in [1.82, 2.24) is 4.40 Å². The molecule has 0 aliphatic rings. The monoisotopic (exact) mass is 357 g/mol. The summed E-state index contributed by atoms with van der Waals surface area (Å²) >= 11 is 0. The molecule has 2 heterocycles. The lowest BCUT2D eigenvalue weighted by atomic mass is 10.0. The van der Waals surface area contributed by atoms with Gasteiger partial charge in [0.1, 0.15) is 11.5 Å². The molecular weight excluding hydrogens is 338 g/mol. The van der Waals surface area contributed by atoms with Gasteiger partial charge in [0.15, 0.2) is 0 Å². The van der Waals surface area contributed by atoms with E-state index in [0.29, 0.717) is 11.3 Å². The first-order chi connectivity index (χ1) is 13.2. The fraction of sp³-hybridized carbons (Fsp3) is 0.0870. The number of methoxy groups -OCH3 is 2. The Kier molecular flexibility index (Phi) is 4.38. The largest absolute Gasteiger partial charge is 0.497 e. The number of nitrogens with zero attached hydrogens (tertiary/aromatic N) is 1. The zero-order valence-corrected chi connectivity index (χ0v) is 15.2. The maximum Gasteiger partial charge on any atom is 0.209 e. The fourth-order valence-electron chi connectivity index (χ4n) is 3.22. The first-order valence-electron chi connectivity index (χ1n) is 8.64. The lowest BCUT2D eigenvalue weighted by Crippen LogP contribution is -2.04. The van der Waals surface area contributed by atoms with Crippen LogP contribution in [0.5, 0.6) is 11.5 Å². The van der Waals surface area contributed by atoms with Crippen molar-refractivity contribution < 1.29 is 14.3 Å². The molecule has 0 atom stereocenters. The topological polar surface area (TPSA) is 39.9 Å². The van der Waals surface area contributed by atoms with Gasteiger partial charge in [-0.15, -0.1) is 0 Å². The van der Waals surface area contributed by atoms with Crippen LogP contribution in [0.15, 0.2) is 79.0 Å². The number of carbonyl (C=O) groups excluding carboxylic acids is 1. The number of carbonyl (C=O) groups is 1. The number of hydrogen-bond donors (Lipinski definition) is 0. The van der Waals surface area contributed by atoms with E-state index in [-0.39, 0.29) is 5.78 Å². The SMILES string of the molecule is COc1ccc(C(=O)c2cc(-c3ccc(OC)cc3)c3ccccn23)cc1. The van der Waals surface area contributed by atoms with Crippen LogP contribution < -0.4 is 9.47 Å². The van der Waals surface area contributed by atoms with Crippen LogP contribution in [0.1, 0.15) is 16.1 Å². The minimum Gasteiger partial charge on any atom is -0.497 e. The molecule has 0 unspecified atom stereocenters. The molecule has 4 nitrogen and oxygen atoms in total. The molecule has 0 spiro atoms. The molecule has 0 aliphatic carbocycles. The lowest BCUT2D eigenvalue weighted by Gasteiger charge is -2.04. The van der Waals surface area contributed by atoms with E-state index in [4.69, 9.17) is 9.47 Å². The highest BCUT2D eigenvalue weighted by Crippen LogP contribution is 2.30. The van der Waals surface area contributed by atoms with E-state index in [1.54, 1.807) is 38.5 Å². The van der Waals surface area contributed by atoms with Crippen LogP contribution in [-0.4, -0.2) is 24.4 Å². The number of pyridine rings is 1. The molecule has 0 aliphatic heterocycles. The van der Waals surface area contributed by atoms with Gasteiger partial charge in [-0.1, -0.05) is 18.2 Å². The summed E-state index contributed by atoms with van der Waals surface area (Å²) < 4.78 is 12.4. The molecule has 0 radical (unpaired) electrons. The standard InChI is InChI=1S/C23H19NO3/c1-26-18-10-6-16(7-11-18)20-15-22(24-14-4-3-5-21(20)24)23(25)17-8-12-19(27-2)13-9-17/h3-15H,1-2H3. The molecular formula is C23H19NO3. The Bertz CT molecular complexity index is 1090. The number of fused-ring (bicyclic) bond motifs is 1. The minimum absolute atomic E-state index is 0.0291. The van der Waals surface area contributed by atoms with E-state index >= 15 is 0 Å². The van der Waals surface area contributed by atoms with E-state index in [9.17, 15) is 4.79 Å². The number of ether oxygens (including phenoxy) is 2. The average molecular weight is 357 g/mol. The predicted molar refractivity (Wildman–Crippen MR) is 106 cm³/mol. The van der Waals surface area contributed by atoms with Crippen molar-refractivity contribution >= 4 is 11.3 Å². The van der Waals surface area contributed by atoms with Crippen LogP contribution in [0.2, 0.25) is 0 Å². The highest BCUT2D eigenvalue weighted by atomic mass is 16.5. The third-order valence-corrected chi connectivity index (χ3v) is 4.66. The molecule has 2 aromatic heterocycles. The molecule has 134 valence electrons. The third-order valence-electron chi connectivity index (χ3n) is 4.66. The summed E-state index contributed by atoms with van der Waals surface area (Å²) in [5, 5.41) is 0. The summed E-state index contributed by atoms with van der Waals surface area (Å²) in [7, 11) is 3.26. The normalized spacial score (nSPS) is 10.7. The Hall–Kier alpha value is -3.53. The van der Waals surface area contributed by atoms with E-state index in [0.717, 1.165) is 28.1 Å². The Morgan fingerprint density at radius 1 is 0.815 bits per heavy atom. The van der Waals surface area contributed by atoms with Gasteiger partial charge in [0.2, 0.25) is 5.78 Å². The van der Waals surface area contributed by atoms with Gasteiger partial charge in [0.05, 0.1) is 25.4 Å². The third kappa shape index (κ3) is 3.06.